The Bertz CT molecular complexity index is 799. The van der Waals surface area contributed by atoms with E-state index in [0.717, 1.165) is 0 Å². The summed E-state index contributed by atoms with van der Waals surface area (Å²) in [7, 11) is 0. The van der Waals surface area contributed by atoms with E-state index in [2.05, 4.69) is 15.0 Å². The molecular weight excluding hydrogens is 278 g/mol. The molecule has 4 heterocycles. The van der Waals surface area contributed by atoms with Crippen LogP contribution in [0.4, 0.5) is 0 Å². The van der Waals surface area contributed by atoms with Gasteiger partial charge in [-0.2, -0.15) is 4.98 Å². The van der Waals surface area contributed by atoms with E-state index in [0.29, 0.717) is 16.9 Å². The van der Waals surface area contributed by atoms with E-state index in [1.165, 1.54) is 10.9 Å². The van der Waals surface area contributed by atoms with Crippen molar-refractivity contribution in [1.29, 1.82) is 0 Å². The van der Waals surface area contributed by atoms with Crippen LogP contribution in [-0.4, -0.2) is 64.2 Å². The largest absolute Gasteiger partial charge is 0.394 e. The molecule has 0 radical (unpaired) electrons. The van der Waals surface area contributed by atoms with Gasteiger partial charge in [-0.3, -0.25) is 8.97 Å². The van der Waals surface area contributed by atoms with Crippen LogP contribution in [0, 0.1) is 0 Å². The number of hydrogen-bond donors (Lipinski definition) is 3. The molecule has 0 unspecified atom stereocenters. The second-order valence-electron chi connectivity index (χ2n) is 4.96. The van der Waals surface area contributed by atoms with Gasteiger partial charge < -0.3 is 20.1 Å². The van der Waals surface area contributed by atoms with Crippen molar-refractivity contribution in [2.24, 2.45) is 0 Å². The van der Waals surface area contributed by atoms with Gasteiger partial charge in [0.2, 0.25) is 5.78 Å². The van der Waals surface area contributed by atoms with Gasteiger partial charge in [0.05, 0.1) is 12.9 Å². The highest BCUT2D eigenvalue weighted by molar-refractivity contribution is 5.71. The highest BCUT2D eigenvalue weighted by atomic mass is 16.6. The van der Waals surface area contributed by atoms with Crippen molar-refractivity contribution < 1.29 is 20.1 Å². The molecule has 1 aliphatic heterocycles. The molecule has 4 rings (SSSR count). The van der Waals surface area contributed by atoms with Gasteiger partial charge in [-0.15, -0.1) is 0 Å². The maximum absolute atomic E-state index is 10.1. The van der Waals surface area contributed by atoms with Crippen LogP contribution in [0.25, 0.3) is 16.9 Å². The minimum atomic E-state index is -1.17. The zero-order chi connectivity index (χ0) is 14.6. The number of aromatic nitrogens is 5. The molecular formula is C12H13N5O4. The minimum Gasteiger partial charge on any atom is -0.394 e. The Hall–Kier alpha value is -2.07. The van der Waals surface area contributed by atoms with E-state index >= 15 is 0 Å². The smallest absolute Gasteiger partial charge is 0.235 e. The van der Waals surface area contributed by atoms with Crippen molar-refractivity contribution in [3.8, 4) is 0 Å². The monoisotopic (exact) mass is 291 g/mol. The maximum atomic E-state index is 10.1. The van der Waals surface area contributed by atoms with Crippen LogP contribution in [0.15, 0.2) is 24.9 Å². The van der Waals surface area contributed by atoms with Gasteiger partial charge in [-0.1, -0.05) is 0 Å². The Labute approximate surface area is 118 Å². The highest BCUT2D eigenvalue weighted by Gasteiger charge is 2.43. The molecule has 9 nitrogen and oxygen atoms in total. The van der Waals surface area contributed by atoms with Crippen LogP contribution in [-0.2, 0) is 4.74 Å². The van der Waals surface area contributed by atoms with Gasteiger partial charge >= 0.3 is 0 Å². The normalized spacial score (nSPS) is 29.7. The predicted octanol–water partition coefficient (Wildman–Crippen LogP) is -1.31. The summed E-state index contributed by atoms with van der Waals surface area (Å²) in [6.45, 7) is -0.376. The number of ether oxygens (including phenoxy) is 1. The molecule has 0 bridgehead atoms. The fraction of sp³-hybridized carbons (Fsp3) is 0.417. The van der Waals surface area contributed by atoms with Crippen molar-refractivity contribution in [2.75, 3.05) is 6.61 Å². The lowest BCUT2D eigenvalue weighted by atomic mass is 10.1. The number of hydrogen-bond acceptors (Lipinski definition) is 7. The van der Waals surface area contributed by atoms with Crippen LogP contribution >= 0.6 is 0 Å². The SMILES string of the molecule is OC[C@H]1O[C@@H](n2cnc3cn4ccnc4nc32)[C@H](O)[C@@H]1O. The quantitative estimate of drug-likeness (QED) is 0.536. The molecule has 1 fully saturated rings. The number of nitrogens with zero attached hydrogens (tertiary/aromatic N) is 5. The van der Waals surface area contributed by atoms with E-state index in [4.69, 9.17) is 9.84 Å². The summed E-state index contributed by atoms with van der Waals surface area (Å²) in [5.41, 5.74) is 1.10. The molecule has 0 aliphatic carbocycles. The summed E-state index contributed by atoms with van der Waals surface area (Å²) >= 11 is 0. The Kier molecular flexibility index (Phi) is 2.69. The standard InChI is InChI=1S/C12H13N5O4/c18-4-7-8(19)9(20)11(21-7)17-5-14-6-3-16-2-1-13-12(16)15-10(6)17/h1-3,5,7-9,11,18-20H,4H2/t7-,8-,9-,11-/m1/s1. The molecule has 4 atom stereocenters. The highest BCUT2D eigenvalue weighted by Crippen LogP contribution is 2.31. The first-order valence-electron chi connectivity index (χ1n) is 6.48. The lowest BCUT2D eigenvalue weighted by Crippen LogP contribution is -2.33. The van der Waals surface area contributed by atoms with Gasteiger partial charge in [0, 0.05) is 18.6 Å². The fourth-order valence-electron chi connectivity index (χ4n) is 2.59. The molecule has 0 aromatic carbocycles. The molecule has 110 valence electrons. The van der Waals surface area contributed by atoms with Crippen molar-refractivity contribution >= 4 is 16.9 Å². The van der Waals surface area contributed by atoms with Crippen molar-refractivity contribution in [2.45, 2.75) is 24.5 Å². The van der Waals surface area contributed by atoms with E-state index in [1.807, 2.05) is 0 Å². The number of rotatable bonds is 2. The fourth-order valence-corrected chi connectivity index (χ4v) is 2.59. The van der Waals surface area contributed by atoms with Gasteiger partial charge in [0.1, 0.15) is 23.8 Å². The maximum Gasteiger partial charge on any atom is 0.235 e. The first-order valence-corrected chi connectivity index (χ1v) is 6.48. The molecule has 0 saturated carbocycles. The summed E-state index contributed by atoms with van der Waals surface area (Å²) in [5.74, 6) is 0.496. The van der Waals surface area contributed by atoms with Crippen LogP contribution in [0.1, 0.15) is 6.23 Å². The molecule has 21 heavy (non-hydrogen) atoms. The van der Waals surface area contributed by atoms with Crippen molar-refractivity contribution in [3.63, 3.8) is 0 Å². The third-order valence-corrected chi connectivity index (χ3v) is 3.70. The van der Waals surface area contributed by atoms with E-state index < -0.39 is 24.5 Å². The van der Waals surface area contributed by atoms with E-state index in [1.54, 1.807) is 23.0 Å². The predicted molar refractivity (Wildman–Crippen MR) is 69.3 cm³/mol. The average molecular weight is 291 g/mol. The van der Waals surface area contributed by atoms with Gasteiger partial charge in [0.15, 0.2) is 11.9 Å². The van der Waals surface area contributed by atoms with Gasteiger partial charge in [-0.25, -0.2) is 9.97 Å². The number of fused-ring (bicyclic) bond motifs is 2. The Balaban J connectivity index is 1.83. The lowest BCUT2D eigenvalue weighted by molar-refractivity contribution is -0.0511. The summed E-state index contributed by atoms with van der Waals surface area (Å²) in [4.78, 5) is 12.7. The van der Waals surface area contributed by atoms with E-state index in [-0.39, 0.29) is 6.61 Å². The lowest BCUT2D eigenvalue weighted by Gasteiger charge is -2.16. The van der Waals surface area contributed by atoms with Gasteiger partial charge in [-0.05, 0) is 0 Å². The Morgan fingerprint density at radius 1 is 1.24 bits per heavy atom. The van der Waals surface area contributed by atoms with Crippen LogP contribution in [0.5, 0.6) is 0 Å². The molecule has 3 N–H and O–H groups in total. The first kappa shape index (κ1) is 12.7. The second kappa shape index (κ2) is 4.46. The molecule has 1 aliphatic rings. The number of imidazole rings is 2. The number of aliphatic hydroxyl groups excluding tert-OH is 3. The van der Waals surface area contributed by atoms with Gasteiger partial charge in [0.25, 0.3) is 0 Å². The van der Waals surface area contributed by atoms with Crippen molar-refractivity contribution in [3.05, 3.63) is 24.9 Å². The Morgan fingerprint density at radius 2 is 2.10 bits per heavy atom. The van der Waals surface area contributed by atoms with Crippen molar-refractivity contribution in [1.82, 2.24) is 23.9 Å². The minimum absolute atomic E-state index is 0.376. The molecule has 0 spiro atoms. The third-order valence-electron chi connectivity index (χ3n) is 3.70. The number of aliphatic hydroxyl groups is 3. The van der Waals surface area contributed by atoms with Crippen LogP contribution < -0.4 is 0 Å². The molecule has 1 saturated heterocycles. The van der Waals surface area contributed by atoms with E-state index in [9.17, 15) is 10.2 Å². The molecule has 9 heteroatoms. The summed E-state index contributed by atoms with van der Waals surface area (Å²) in [5, 5.41) is 29.1. The average Bonchev–Trinajstić information content (AvgIpc) is 3.16. The summed E-state index contributed by atoms with van der Waals surface area (Å²) in [6, 6.07) is 0. The topological polar surface area (TPSA) is 118 Å². The second-order valence-corrected chi connectivity index (χ2v) is 4.96. The summed E-state index contributed by atoms with van der Waals surface area (Å²) < 4.78 is 8.76. The molecule has 3 aromatic heterocycles. The Morgan fingerprint density at radius 3 is 2.86 bits per heavy atom. The first-order chi connectivity index (χ1) is 10.2. The molecule has 3 aromatic rings. The molecule has 0 amide bonds. The summed E-state index contributed by atoms with van der Waals surface area (Å²) in [6.07, 6.45) is 2.61. The van der Waals surface area contributed by atoms with Crippen LogP contribution in [0.2, 0.25) is 0 Å². The zero-order valence-corrected chi connectivity index (χ0v) is 10.8. The van der Waals surface area contributed by atoms with Crippen LogP contribution in [0.3, 0.4) is 0 Å². The zero-order valence-electron chi connectivity index (χ0n) is 10.8. The third kappa shape index (κ3) is 1.75.